The molecule has 1 amide bonds. The highest BCUT2D eigenvalue weighted by molar-refractivity contribution is 9.09. The minimum absolute atomic E-state index is 0.269. The lowest BCUT2D eigenvalue weighted by Crippen LogP contribution is -2.61. The van der Waals surface area contributed by atoms with Crippen LogP contribution in [-0.4, -0.2) is 40.9 Å². The predicted octanol–water partition coefficient (Wildman–Crippen LogP) is 1.83. The zero-order chi connectivity index (χ0) is 9.19. The average Bonchev–Trinajstić information content (AvgIpc) is 1.99. The summed E-state index contributed by atoms with van der Waals surface area (Å²) in [5.41, 5.74) is 0. The summed E-state index contributed by atoms with van der Waals surface area (Å²) in [5.74, 6) is 0. The number of hydrogen-bond acceptors (Lipinski definition) is 2. The van der Waals surface area contributed by atoms with Gasteiger partial charge in [-0.1, -0.05) is 15.9 Å². The Morgan fingerprint density at radius 2 is 2.33 bits per heavy atom. The molecule has 0 spiro atoms. The molecule has 1 rings (SSSR count). The highest BCUT2D eigenvalue weighted by atomic mass is 79.9. The van der Waals surface area contributed by atoms with Crippen LogP contribution in [0.5, 0.6) is 0 Å². The topological polar surface area (TPSA) is 29.5 Å². The Morgan fingerprint density at radius 3 is 2.75 bits per heavy atom. The van der Waals surface area contributed by atoms with Crippen molar-refractivity contribution in [3.05, 3.63) is 0 Å². The number of nitrogens with zero attached hydrogens (tertiary/aromatic N) is 1. The Kier molecular flexibility index (Phi) is 3.23. The first-order chi connectivity index (χ1) is 5.61. The molecule has 0 aromatic carbocycles. The molecule has 0 aromatic rings. The van der Waals surface area contributed by atoms with Gasteiger partial charge in [-0.3, -0.25) is 0 Å². The average molecular weight is 257 g/mol. The highest BCUT2D eigenvalue weighted by Gasteiger charge is 2.43. The van der Waals surface area contributed by atoms with Crippen LogP contribution in [0.2, 0.25) is 0 Å². The smallest absolute Gasteiger partial charge is 0.409 e. The van der Waals surface area contributed by atoms with Gasteiger partial charge in [-0.2, -0.15) is 0 Å². The minimum Gasteiger partial charge on any atom is -0.450 e. The largest absolute Gasteiger partial charge is 0.450 e. The molecular formula is C7H11BrClNO2. The first-order valence-electron chi connectivity index (χ1n) is 3.78. The van der Waals surface area contributed by atoms with E-state index >= 15 is 0 Å². The van der Waals surface area contributed by atoms with Crippen LogP contribution in [0, 0.1) is 0 Å². The van der Waals surface area contributed by atoms with Crippen molar-refractivity contribution in [2.45, 2.75) is 11.8 Å². The maximum Gasteiger partial charge on any atom is 0.409 e. The van der Waals surface area contributed by atoms with E-state index in [0.717, 1.165) is 0 Å². The van der Waals surface area contributed by atoms with Gasteiger partial charge in [0.05, 0.1) is 11.5 Å². The molecule has 70 valence electrons. The van der Waals surface area contributed by atoms with Crippen molar-refractivity contribution in [2.24, 2.45) is 0 Å². The molecule has 1 heterocycles. The lowest BCUT2D eigenvalue weighted by atomic mass is 10.0. The summed E-state index contributed by atoms with van der Waals surface area (Å²) >= 11 is 9.32. The number of ether oxygens (including phenoxy) is 1. The molecule has 1 aliphatic heterocycles. The zero-order valence-electron chi connectivity index (χ0n) is 6.85. The summed E-state index contributed by atoms with van der Waals surface area (Å²) in [4.78, 5) is 12.4. The molecule has 0 aliphatic carbocycles. The Balaban J connectivity index is 2.29. The third-order valence-electron chi connectivity index (χ3n) is 1.71. The molecule has 1 aliphatic rings. The predicted molar refractivity (Wildman–Crippen MR) is 51.0 cm³/mol. The van der Waals surface area contributed by atoms with Crippen LogP contribution in [0.4, 0.5) is 4.79 Å². The van der Waals surface area contributed by atoms with Gasteiger partial charge in [0, 0.05) is 18.4 Å². The number of hydrogen-bond donors (Lipinski definition) is 0. The lowest BCUT2D eigenvalue weighted by Gasteiger charge is -2.43. The fourth-order valence-corrected chi connectivity index (χ4v) is 1.71. The summed E-state index contributed by atoms with van der Waals surface area (Å²) in [6, 6.07) is 0. The molecule has 5 heteroatoms. The molecule has 1 saturated heterocycles. The third-order valence-corrected chi connectivity index (χ3v) is 3.48. The van der Waals surface area contributed by atoms with Gasteiger partial charge in [-0.25, -0.2) is 4.79 Å². The second-order valence-electron chi connectivity index (χ2n) is 2.84. The van der Waals surface area contributed by atoms with Gasteiger partial charge in [-0.15, -0.1) is 11.6 Å². The van der Waals surface area contributed by atoms with Crippen LogP contribution in [0.1, 0.15) is 6.92 Å². The van der Waals surface area contributed by atoms with Crippen LogP contribution >= 0.6 is 27.5 Å². The number of rotatable bonds is 2. The van der Waals surface area contributed by atoms with Crippen LogP contribution < -0.4 is 0 Å². The molecule has 3 nitrogen and oxygen atoms in total. The summed E-state index contributed by atoms with van der Waals surface area (Å²) in [7, 11) is 0. The van der Waals surface area contributed by atoms with E-state index in [0.29, 0.717) is 25.0 Å². The Labute approximate surface area is 85.1 Å². The molecule has 0 bridgehead atoms. The van der Waals surface area contributed by atoms with E-state index in [1.54, 1.807) is 11.8 Å². The minimum atomic E-state index is -0.271. The molecule has 0 saturated carbocycles. The van der Waals surface area contributed by atoms with Crippen LogP contribution in [0.25, 0.3) is 0 Å². The molecule has 0 unspecified atom stereocenters. The van der Waals surface area contributed by atoms with Gasteiger partial charge in [0.1, 0.15) is 0 Å². The molecule has 0 aromatic heterocycles. The summed E-state index contributed by atoms with van der Waals surface area (Å²) in [5, 5.41) is 0.706. The van der Waals surface area contributed by atoms with Gasteiger partial charge in [0.2, 0.25) is 0 Å². The van der Waals surface area contributed by atoms with E-state index < -0.39 is 0 Å². The number of likely N-dealkylation sites (tertiary alicyclic amines) is 1. The van der Waals surface area contributed by atoms with E-state index in [4.69, 9.17) is 16.3 Å². The molecule has 0 N–H and O–H groups in total. The monoisotopic (exact) mass is 255 g/mol. The van der Waals surface area contributed by atoms with Gasteiger partial charge in [0.25, 0.3) is 0 Å². The van der Waals surface area contributed by atoms with Gasteiger partial charge in [-0.05, 0) is 6.92 Å². The van der Waals surface area contributed by atoms with Gasteiger partial charge >= 0.3 is 6.09 Å². The van der Waals surface area contributed by atoms with Crippen LogP contribution in [0.3, 0.4) is 0 Å². The number of amides is 1. The summed E-state index contributed by atoms with van der Waals surface area (Å²) in [6.07, 6.45) is -0.269. The van der Waals surface area contributed by atoms with Crippen molar-refractivity contribution in [1.29, 1.82) is 0 Å². The summed E-state index contributed by atoms with van der Waals surface area (Å²) < 4.78 is 4.80. The van der Waals surface area contributed by atoms with Crippen molar-refractivity contribution >= 4 is 33.6 Å². The van der Waals surface area contributed by atoms with Crippen LogP contribution in [-0.2, 0) is 4.74 Å². The first-order valence-corrected chi connectivity index (χ1v) is 5.28. The second-order valence-corrected chi connectivity index (χ2v) is 4.20. The third kappa shape index (κ3) is 2.04. The van der Waals surface area contributed by atoms with Crippen molar-refractivity contribution in [2.75, 3.05) is 25.0 Å². The molecule has 0 atom stereocenters. The maximum atomic E-state index is 11.1. The Morgan fingerprint density at radius 1 is 1.75 bits per heavy atom. The van der Waals surface area contributed by atoms with E-state index in [-0.39, 0.29) is 11.0 Å². The van der Waals surface area contributed by atoms with Crippen molar-refractivity contribution in [1.82, 2.24) is 4.90 Å². The number of carbonyl (C=O) groups excluding carboxylic acids is 1. The van der Waals surface area contributed by atoms with E-state index in [1.807, 2.05) is 0 Å². The lowest BCUT2D eigenvalue weighted by molar-refractivity contribution is 0.0711. The van der Waals surface area contributed by atoms with Crippen molar-refractivity contribution in [3.63, 3.8) is 0 Å². The van der Waals surface area contributed by atoms with Crippen molar-refractivity contribution < 1.29 is 9.53 Å². The molecular weight excluding hydrogens is 245 g/mol. The Bertz CT molecular complexity index is 182. The Hall–Kier alpha value is 0.0400. The number of carbonyl (C=O) groups is 1. The van der Waals surface area contributed by atoms with Crippen molar-refractivity contribution in [3.8, 4) is 0 Å². The fraction of sp³-hybridized carbons (Fsp3) is 0.857. The first kappa shape index (κ1) is 10.1. The normalized spacial score (nSPS) is 20.1. The number of alkyl halides is 2. The zero-order valence-corrected chi connectivity index (χ0v) is 9.19. The molecule has 0 radical (unpaired) electrons. The van der Waals surface area contributed by atoms with Crippen LogP contribution in [0.15, 0.2) is 0 Å². The molecule has 12 heavy (non-hydrogen) atoms. The highest BCUT2D eigenvalue weighted by Crippen LogP contribution is 2.30. The second kappa shape index (κ2) is 3.83. The van der Waals surface area contributed by atoms with E-state index in [9.17, 15) is 4.79 Å². The van der Waals surface area contributed by atoms with Gasteiger partial charge in [0.15, 0.2) is 0 Å². The van der Waals surface area contributed by atoms with Gasteiger partial charge < -0.3 is 9.64 Å². The standard InChI is InChI=1S/C7H11BrClNO2/c1-2-12-6(11)10-4-7(9,3-8)5-10/h2-5H2,1H3. The quantitative estimate of drug-likeness (QED) is 0.706. The SMILES string of the molecule is CCOC(=O)N1CC(Cl)(CBr)C1. The molecule has 1 fully saturated rings. The maximum absolute atomic E-state index is 11.1. The van der Waals surface area contributed by atoms with E-state index in [1.165, 1.54) is 0 Å². The van der Waals surface area contributed by atoms with E-state index in [2.05, 4.69) is 15.9 Å². The number of halogens is 2. The fourth-order valence-electron chi connectivity index (χ4n) is 1.07. The summed E-state index contributed by atoms with van der Waals surface area (Å²) in [6.45, 7) is 3.34.